The molecule has 4 heteroatoms. The number of aromatic nitrogens is 2. The number of aliphatic hydroxyl groups is 1. The highest BCUT2D eigenvalue weighted by molar-refractivity contribution is 4.99. The van der Waals surface area contributed by atoms with Gasteiger partial charge in [0.15, 0.2) is 0 Å². The molecule has 4 nitrogen and oxygen atoms in total. The molecular weight excluding hydrogens is 250 g/mol. The minimum atomic E-state index is -0.232. The van der Waals surface area contributed by atoms with Crippen LogP contribution in [-0.4, -0.2) is 44.8 Å². The van der Waals surface area contributed by atoms with Gasteiger partial charge in [-0.05, 0) is 45.1 Å². The Morgan fingerprint density at radius 3 is 2.70 bits per heavy atom. The van der Waals surface area contributed by atoms with Gasteiger partial charge in [-0.15, -0.1) is 0 Å². The van der Waals surface area contributed by atoms with Crippen molar-refractivity contribution in [3.8, 4) is 0 Å². The second-order valence-electron chi connectivity index (χ2n) is 6.59. The van der Waals surface area contributed by atoms with E-state index in [0.29, 0.717) is 24.4 Å². The third kappa shape index (κ3) is 2.63. The van der Waals surface area contributed by atoms with Gasteiger partial charge in [-0.25, -0.2) is 4.98 Å². The summed E-state index contributed by atoms with van der Waals surface area (Å²) in [5, 5.41) is 10.6. The van der Waals surface area contributed by atoms with Gasteiger partial charge in [0.2, 0.25) is 0 Å². The maximum absolute atomic E-state index is 10.6. The Bertz CT molecular complexity index is 431. The molecule has 1 N–H and O–H groups in total. The molecule has 3 atom stereocenters. The van der Waals surface area contributed by atoms with Crippen LogP contribution in [0.4, 0.5) is 0 Å². The normalized spacial score (nSPS) is 31.6. The summed E-state index contributed by atoms with van der Waals surface area (Å²) in [6.07, 6.45) is 10.4. The highest BCUT2D eigenvalue weighted by Gasteiger charge is 2.40. The first-order chi connectivity index (χ1) is 9.69. The first kappa shape index (κ1) is 14.1. The molecule has 0 aromatic carbocycles. The highest BCUT2D eigenvalue weighted by Crippen LogP contribution is 2.39. The standard InChI is InChI=1S/C16H27N3O/c1-3-7-19-8-6-17-16(19)11-15(20)12-9-13-4-5-14(10-12)18(13)2/h6,8,12-15,20H,3-5,7,9-11H2,1-2H3. The van der Waals surface area contributed by atoms with Gasteiger partial charge in [0.05, 0.1) is 6.10 Å². The van der Waals surface area contributed by atoms with Gasteiger partial charge in [0.1, 0.15) is 5.82 Å². The lowest BCUT2D eigenvalue weighted by Gasteiger charge is -2.38. The van der Waals surface area contributed by atoms with Crippen LogP contribution in [0.5, 0.6) is 0 Å². The molecule has 3 rings (SSSR count). The molecule has 2 saturated heterocycles. The van der Waals surface area contributed by atoms with E-state index in [1.165, 1.54) is 12.8 Å². The summed E-state index contributed by atoms with van der Waals surface area (Å²) in [5.74, 6) is 1.50. The zero-order valence-corrected chi connectivity index (χ0v) is 12.7. The van der Waals surface area contributed by atoms with Crippen LogP contribution in [-0.2, 0) is 13.0 Å². The second kappa shape index (κ2) is 5.86. The Balaban J connectivity index is 1.62. The topological polar surface area (TPSA) is 41.3 Å². The van der Waals surface area contributed by atoms with Crippen LogP contribution >= 0.6 is 0 Å². The third-order valence-corrected chi connectivity index (χ3v) is 5.34. The average molecular weight is 277 g/mol. The van der Waals surface area contributed by atoms with Gasteiger partial charge >= 0.3 is 0 Å². The SMILES string of the molecule is CCCn1ccnc1CC(O)C1CC2CCC(C1)N2C. The largest absolute Gasteiger partial charge is 0.392 e. The quantitative estimate of drug-likeness (QED) is 0.896. The van der Waals surface area contributed by atoms with E-state index in [9.17, 15) is 5.11 Å². The van der Waals surface area contributed by atoms with Crippen molar-refractivity contribution in [2.45, 2.75) is 70.2 Å². The molecule has 0 aliphatic carbocycles. The van der Waals surface area contributed by atoms with Gasteiger partial charge < -0.3 is 14.6 Å². The predicted octanol–water partition coefficient (Wildman–Crippen LogP) is 2.07. The zero-order valence-electron chi connectivity index (χ0n) is 12.7. The van der Waals surface area contributed by atoms with Crippen molar-refractivity contribution in [1.82, 2.24) is 14.5 Å². The summed E-state index contributed by atoms with van der Waals surface area (Å²) in [4.78, 5) is 6.96. The van der Waals surface area contributed by atoms with E-state index in [0.717, 1.165) is 31.6 Å². The van der Waals surface area contributed by atoms with Gasteiger partial charge in [0.25, 0.3) is 0 Å². The lowest BCUT2D eigenvalue weighted by Crippen LogP contribution is -2.43. The number of rotatable bonds is 5. The average Bonchev–Trinajstić information content (AvgIpc) is 2.91. The van der Waals surface area contributed by atoms with Crippen molar-refractivity contribution in [3.05, 3.63) is 18.2 Å². The number of aliphatic hydroxyl groups excluding tert-OH is 1. The van der Waals surface area contributed by atoms with E-state index in [2.05, 4.69) is 28.4 Å². The monoisotopic (exact) mass is 277 g/mol. The van der Waals surface area contributed by atoms with E-state index >= 15 is 0 Å². The van der Waals surface area contributed by atoms with Crippen molar-refractivity contribution >= 4 is 0 Å². The fraction of sp³-hybridized carbons (Fsp3) is 0.812. The maximum Gasteiger partial charge on any atom is 0.111 e. The lowest BCUT2D eigenvalue weighted by molar-refractivity contribution is 0.0353. The molecule has 1 aromatic rings. The van der Waals surface area contributed by atoms with Crippen molar-refractivity contribution in [1.29, 1.82) is 0 Å². The second-order valence-corrected chi connectivity index (χ2v) is 6.59. The van der Waals surface area contributed by atoms with E-state index in [1.54, 1.807) is 0 Å². The lowest BCUT2D eigenvalue weighted by atomic mass is 9.85. The fourth-order valence-electron chi connectivity index (χ4n) is 4.10. The number of hydrogen-bond acceptors (Lipinski definition) is 3. The summed E-state index contributed by atoms with van der Waals surface area (Å²) < 4.78 is 2.19. The molecule has 2 fully saturated rings. The van der Waals surface area contributed by atoms with Gasteiger partial charge in [-0.1, -0.05) is 6.92 Å². The van der Waals surface area contributed by atoms with E-state index in [4.69, 9.17) is 0 Å². The smallest absolute Gasteiger partial charge is 0.111 e. The molecule has 0 amide bonds. The van der Waals surface area contributed by atoms with Gasteiger partial charge in [-0.2, -0.15) is 0 Å². The van der Waals surface area contributed by atoms with Crippen LogP contribution < -0.4 is 0 Å². The third-order valence-electron chi connectivity index (χ3n) is 5.34. The predicted molar refractivity (Wildman–Crippen MR) is 79.5 cm³/mol. The Morgan fingerprint density at radius 2 is 2.05 bits per heavy atom. The number of hydrogen-bond donors (Lipinski definition) is 1. The van der Waals surface area contributed by atoms with E-state index in [-0.39, 0.29) is 6.10 Å². The first-order valence-corrected chi connectivity index (χ1v) is 8.09. The molecule has 3 heterocycles. The summed E-state index contributed by atoms with van der Waals surface area (Å²) in [7, 11) is 2.25. The van der Waals surface area contributed by atoms with Crippen molar-refractivity contribution in [2.24, 2.45) is 5.92 Å². The molecule has 112 valence electrons. The van der Waals surface area contributed by atoms with Crippen LogP contribution in [0.2, 0.25) is 0 Å². The van der Waals surface area contributed by atoms with Crippen LogP contribution in [0.1, 0.15) is 44.9 Å². The number of fused-ring (bicyclic) bond motifs is 2. The molecule has 2 aliphatic rings. The number of nitrogens with zero attached hydrogens (tertiary/aromatic N) is 3. The molecule has 0 radical (unpaired) electrons. The van der Waals surface area contributed by atoms with Crippen molar-refractivity contribution in [3.63, 3.8) is 0 Å². The van der Waals surface area contributed by atoms with Crippen molar-refractivity contribution in [2.75, 3.05) is 7.05 Å². The molecule has 2 bridgehead atoms. The fourth-order valence-corrected chi connectivity index (χ4v) is 4.10. The molecular formula is C16H27N3O. The molecule has 0 spiro atoms. The molecule has 0 saturated carbocycles. The van der Waals surface area contributed by atoms with E-state index < -0.39 is 0 Å². The minimum absolute atomic E-state index is 0.232. The van der Waals surface area contributed by atoms with E-state index in [1.807, 2.05) is 12.4 Å². The maximum atomic E-state index is 10.6. The summed E-state index contributed by atoms with van der Waals surface area (Å²) in [6.45, 7) is 3.18. The summed E-state index contributed by atoms with van der Waals surface area (Å²) >= 11 is 0. The van der Waals surface area contributed by atoms with Crippen LogP contribution in [0.3, 0.4) is 0 Å². The summed E-state index contributed by atoms with van der Waals surface area (Å²) in [6, 6.07) is 1.40. The van der Waals surface area contributed by atoms with Crippen LogP contribution in [0, 0.1) is 5.92 Å². The molecule has 2 aliphatic heterocycles. The van der Waals surface area contributed by atoms with Gasteiger partial charge in [0, 0.05) is 37.4 Å². The minimum Gasteiger partial charge on any atom is -0.392 e. The zero-order chi connectivity index (χ0) is 14.1. The molecule has 20 heavy (non-hydrogen) atoms. The molecule has 1 aromatic heterocycles. The van der Waals surface area contributed by atoms with Gasteiger partial charge in [-0.3, -0.25) is 0 Å². The number of aryl methyl sites for hydroxylation is 1. The van der Waals surface area contributed by atoms with Crippen LogP contribution in [0.25, 0.3) is 0 Å². The van der Waals surface area contributed by atoms with Crippen molar-refractivity contribution < 1.29 is 5.11 Å². The summed E-state index contributed by atoms with van der Waals surface area (Å²) in [5.41, 5.74) is 0. The van der Waals surface area contributed by atoms with Crippen LogP contribution in [0.15, 0.2) is 12.4 Å². The number of piperidine rings is 1. The molecule has 3 unspecified atom stereocenters. The number of imidazole rings is 1. The first-order valence-electron chi connectivity index (χ1n) is 8.09. The Kier molecular flexibility index (Phi) is 4.13. The Hall–Kier alpha value is -0.870. The highest BCUT2D eigenvalue weighted by atomic mass is 16.3. The Morgan fingerprint density at radius 1 is 1.35 bits per heavy atom. The Labute approximate surface area is 121 Å².